The van der Waals surface area contributed by atoms with Crippen molar-refractivity contribution in [3.63, 3.8) is 0 Å². The molecule has 1 saturated carbocycles. The Hall–Kier alpha value is -1.70. The molecule has 0 bridgehead atoms. The average Bonchev–Trinajstić information content (AvgIpc) is 3.16. The van der Waals surface area contributed by atoms with E-state index in [9.17, 15) is 13.2 Å². The standard InChI is InChI=1S/C19H24N2O3S2/c1-14-6-2-3-10-18(14)21-19(22)15-7-4-9-17(12-15)26(23,24)20-13-16-8-5-11-25-16/h4-5,7-9,11-12,14,18,20H,2-3,6,10,13H2,1H3,(H,21,22)/t14-,18-/m1/s1. The van der Waals surface area contributed by atoms with Gasteiger partial charge in [0.2, 0.25) is 10.0 Å². The summed E-state index contributed by atoms with van der Waals surface area (Å²) in [6.07, 6.45) is 4.42. The van der Waals surface area contributed by atoms with Crippen LogP contribution in [0.15, 0.2) is 46.7 Å². The quantitative estimate of drug-likeness (QED) is 0.790. The summed E-state index contributed by atoms with van der Waals surface area (Å²) < 4.78 is 27.6. The third kappa shape index (κ3) is 4.72. The zero-order chi connectivity index (χ0) is 18.6. The Morgan fingerprint density at radius 1 is 1.19 bits per heavy atom. The van der Waals surface area contributed by atoms with Crippen molar-refractivity contribution >= 4 is 27.3 Å². The summed E-state index contributed by atoms with van der Waals surface area (Å²) in [5.41, 5.74) is 0.377. The Morgan fingerprint density at radius 2 is 2.00 bits per heavy atom. The molecule has 1 fully saturated rings. The second-order valence-electron chi connectivity index (χ2n) is 6.77. The Balaban J connectivity index is 1.69. The number of rotatable bonds is 6. The van der Waals surface area contributed by atoms with Gasteiger partial charge in [-0.25, -0.2) is 13.1 Å². The van der Waals surface area contributed by atoms with Crippen molar-refractivity contribution in [2.75, 3.05) is 0 Å². The summed E-state index contributed by atoms with van der Waals surface area (Å²) in [6, 6.07) is 10.1. The zero-order valence-electron chi connectivity index (χ0n) is 14.8. The van der Waals surface area contributed by atoms with Gasteiger partial charge in [-0.2, -0.15) is 0 Å². The molecule has 2 N–H and O–H groups in total. The summed E-state index contributed by atoms with van der Waals surface area (Å²) in [7, 11) is -3.66. The average molecular weight is 393 g/mol. The predicted octanol–water partition coefficient (Wildman–Crippen LogP) is 3.54. The lowest BCUT2D eigenvalue weighted by Gasteiger charge is -2.29. The fourth-order valence-electron chi connectivity index (χ4n) is 3.25. The van der Waals surface area contributed by atoms with Crippen molar-refractivity contribution in [2.24, 2.45) is 5.92 Å². The Bertz CT molecular complexity index is 847. The topological polar surface area (TPSA) is 75.3 Å². The molecule has 2 aromatic rings. The number of hydrogen-bond acceptors (Lipinski definition) is 4. The fraction of sp³-hybridized carbons (Fsp3) is 0.421. The van der Waals surface area contributed by atoms with Crippen LogP contribution in [-0.4, -0.2) is 20.4 Å². The van der Waals surface area contributed by atoms with E-state index >= 15 is 0 Å². The maximum Gasteiger partial charge on any atom is 0.251 e. The molecule has 1 heterocycles. The molecule has 7 heteroatoms. The summed E-state index contributed by atoms with van der Waals surface area (Å²) in [4.78, 5) is 13.6. The van der Waals surface area contributed by atoms with Gasteiger partial charge < -0.3 is 5.32 Å². The first-order valence-electron chi connectivity index (χ1n) is 8.89. The summed E-state index contributed by atoms with van der Waals surface area (Å²) >= 11 is 1.50. The third-order valence-corrected chi connectivity index (χ3v) is 7.13. The van der Waals surface area contributed by atoms with Gasteiger partial charge in [-0.1, -0.05) is 31.9 Å². The van der Waals surface area contributed by atoms with Crippen molar-refractivity contribution in [2.45, 2.75) is 50.1 Å². The smallest absolute Gasteiger partial charge is 0.251 e. The summed E-state index contributed by atoms with van der Waals surface area (Å²) in [6.45, 7) is 2.40. The minimum Gasteiger partial charge on any atom is -0.349 e. The van der Waals surface area contributed by atoms with Crippen LogP contribution in [0.1, 0.15) is 47.8 Å². The second-order valence-corrected chi connectivity index (χ2v) is 9.57. The molecule has 0 radical (unpaired) electrons. The number of nitrogens with one attached hydrogen (secondary N) is 2. The first-order chi connectivity index (χ1) is 12.5. The molecule has 5 nitrogen and oxygen atoms in total. The lowest BCUT2D eigenvalue weighted by atomic mass is 9.86. The van der Waals surface area contributed by atoms with Crippen LogP contribution in [0.2, 0.25) is 0 Å². The fourth-order valence-corrected chi connectivity index (χ4v) is 5.04. The van der Waals surface area contributed by atoms with E-state index in [-0.39, 0.29) is 23.4 Å². The summed E-state index contributed by atoms with van der Waals surface area (Å²) in [5.74, 6) is 0.242. The number of carbonyl (C=O) groups is 1. The minimum atomic E-state index is -3.66. The third-order valence-electron chi connectivity index (χ3n) is 4.85. The Labute approximate surface area is 158 Å². The highest BCUT2D eigenvalue weighted by Crippen LogP contribution is 2.24. The second kappa shape index (κ2) is 8.33. The maximum absolute atomic E-state index is 12.6. The molecule has 140 valence electrons. The number of sulfonamides is 1. The van der Waals surface area contributed by atoms with Crippen LogP contribution in [0.5, 0.6) is 0 Å². The lowest BCUT2D eigenvalue weighted by Crippen LogP contribution is -2.41. The van der Waals surface area contributed by atoms with Crippen LogP contribution in [0, 0.1) is 5.92 Å². The van der Waals surface area contributed by atoms with Gasteiger partial charge in [-0.3, -0.25) is 4.79 Å². The van der Waals surface area contributed by atoms with Crippen molar-refractivity contribution in [1.29, 1.82) is 0 Å². The molecule has 0 aliphatic heterocycles. The van der Waals surface area contributed by atoms with Gasteiger partial charge in [0.1, 0.15) is 0 Å². The minimum absolute atomic E-state index is 0.110. The van der Waals surface area contributed by atoms with Gasteiger partial charge in [-0.15, -0.1) is 11.3 Å². The predicted molar refractivity (Wildman–Crippen MR) is 104 cm³/mol. The highest BCUT2D eigenvalue weighted by Gasteiger charge is 2.24. The molecule has 1 amide bonds. The molecule has 1 aromatic heterocycles. The molecule has 1 aliphatic rings. The lowest BCUT2D eigenvalue weighted by molar-refractivity contribution is 0.0910. The van der Waals surface area contributed by atoms with Crippen LogP contribution in [-0.2, 0) is 16.6 Å². The number of hydrogen-bond donors (Lipinski definition) is 2. The molecule has 0 saturated heterocycles. The van der Waals surface area contributed by atoms with Gasteiger partial charge >= 0.3 is 0 Å². The van der Waals surface area contributed by atoms with Crippen LogP contribution in [0.25, 0.3) is 0 Å². The molecule has 1 aliphatic carbocycles. The van der Waals surface area contributed by atoms with Crippen molar-refractivity contribution in [3.8, 4) is 0 Å². The zero-order valence-corrected chi connectivity index (χ0v) is 16.4. The van der Waals surface area contributed by atoms with Crippen LogP contribution in [0.4, 0.5) is 0 Å². The molecule has 0 unspecified atom stereocenters. The SMILES string of the molecule is C[C@@H]1CCCC[C@H]1NC(=O)c1cccc(S(=O)(=O)NCc2cccs2)c1. The van der Waals surface area contributed by atoms with E-state index < -0.39 is 10.0 Å². The molecular weight excluding hydrogens is 368 g/mol. The van der Waals surface area contributed by atoms with Gasteiger partial charge in [0.05, 0.1) is 4.90 Å². The first kappa shape index (κ1) is 19.1. The van der Waals surface area contributed by atoms with E-state index in [1.165, 1.54) is 29.9 Å². The van der Waals surface area contributed by atoms with Crippen molar-refractivity contribution in [3.05, 3.63) is 52.2 Å². The van der Waals surface area contributed by atoms with Crippen LogP contribution >= 0.6 is 11.3 Å². The number of amides is 1. The van der Waals surface area contributed by atoms with Crippen molar-refractivity contribution < 1.29 is 13.2 Å². The Kier molecular flexibility index (Phi) is 6.11. The maximum atomic E-state index is 12.6. The van der Waals surface area contributed by atoms with E-state index in [2.05, 4.69) is 17.0 Å². The normalized spacial score (nSPS) is 20.7. The highest BCUT2D eigenvalue weighted by molar-refractivity contribution is 7.89. The molecule has 26 heavy (non-hydrogen) atoms. The number of thiophene rings is 1. The molecule has 1 aromatic carbocycles. The largest absolute Gasteiger partial charge is 0.349 e. The monoisotopic (exact) mass is 392 g/mol. The first-order valence-corrected chi connectivity index (χ1v) is 11.2. The molecule has 2 atom stereocenters. The number of carbonyl (C=O) groups excluding carboxylic acids is 1. The van der Waals surface area contributed by atoms with Gasteiger partial charge in [0.15, 0.2) is 0 Å². The number of benzene rings is 1. The van der Waals surface area contributed by atoms with Crippen LogP contribution in [0.3, 0.4) is 0 Å². The van der Waals surface area contributed by atoms with E-state index in [0.717, 1.165) is 24.1 Å². The summed E-state index contributed by atoms with van der Waals surface area (Å²) in [5, 5.41) is 4.97. The van der Waals surface area contributed by atoms with E-state index in [1.54, 1.807) is 12.1 Å². The van der Waals surface area contributed by atoms with Gasteiger partial charge in [-0.05, 0) is 48.4 Å². The van der Waals surface area contributed by atoms with E-state index in [4.69, 9.17) is 0 Å². The van der Waals surface area contributed by atoms with Crippen molar-refractivity contribution in [1.82, 2.24) is 10.0 Å². The highest BCUT2D eigenvalue weighted by atomic mass is 32.2. The van der Waals surface area contributed by atoms with Crippen LogP contribution < -0.4 is 10.0 Å². The van der Waals surface area contributed by atoms with E-state index in [1.807, 2.05) is 17.5 Å². The van der Waals surface area contributed by atoms with Gasteiger partial charge in [0, 0.05) is 23.0 Å². The Morgan fingerprint density at radius 3 is 2.73 bits per heavy atom. The van der Waals surface area contributed by atoms with E-state index in [0.29, 0.717) is 11.5 Å². The molecule has 0 spiro atoms. The van der Waals surface area contributed by atoms with Gasteiger partial charge in [0.25, 0.3) is 5.91 Å². The molecule has 3 rings (SSSR count). The molecular formula is C19H24N2O3S2.